The van der Waals surface area contributed by atoms with Gasteiger partial charge < -0.3 is 14.4 Å². The predicted octanol–water partition coefficient (Wildman–Crippen LogP) is 2.52. The molecule has 1 atom stereocenters. The van der Waals surface area contributed by atoms with E-state index in [9.17, 15) is 13.2 Å². The van der Waals surface area contributed by atoms with E-state index >= 15 is 0 Å². The van der Waals surface area contributed by atoms with Crippen molar-refractivity contribution in [1.82, 2.24) is 4.90 Å². The second kappa shape index (κ2) is 8.97. The highest BCUT2D eigenvalue weighted by atomic mass is 32.2. The number of hydrogen-bond acceptors (Lipinski definition) is 5. The van der Waals surface area contributed by atoms with Crippen molar-refractivity contribution in [3.63, 3.8) is 0 Å². The molecule has 1 amide bonds. The first kappa shape index (κ1) is 21.6. The molecule has 2 aromatic rings. The van der Waals surface area contributed by atoms with Gasteiger partial charge in [0.25, 0.3) is 0 Å². The molecule has 0 fully saturated rings. The van der Waals surface area contributed by atoms with Gasteiger partial charge >= 0.3 is 0 Å². The highest BCUT2D eigenvalue weighted by molar-refractivity contribution is 7.92. The Hall–Kier alpha value is -2.74. The Morgan fingerprint density at radius 2 is 1.64 bits per heavy atom. The number of amides is 1. The molecule has 0 aliphatic heterocycles. The summed E-state index contributed by atoms with van der Waals surface area (Å²) in [7, 11) is 1.06. The molecule has 0 aliphatic carbocycles. The molecule has 7 nitrogen and oxygen atoms in total. The van der Waals surface area contributed by atoms with E-state index in [1.807, 2.05) is 24.3 Å². The van der Waals surface area contributed by atoms with Crippen LogP contribution in [0.4, 0.5) is 5.69 Å². The summed E-state index contributed by atoms with van der Waals surface area (Å²) < 4.78 is 36.4. The highest BCUT2D eigenvalue weighted by Gasteiger charge is 2.31. The average molecular weight is 407 g/mol. The molecule has 0 saturated heterocycles. The van der Waals surface area contributed by atoms with Gasteiger partial charge in [0.1, 0.15) is 17.5 Å². The van der Waals surface area contributed by atoms with E-state index in [0.717, 1.165) is 16.1 Å². The van der Waals surface area contributed by atoms with Crippen LogP contribution in [-0.4, -0.2) is 52.8 Å². The Kier molecular flexibility index (Phi) is 6.90. The number of para-hydroxylation sites is 1. The quantitative estimate of drug-likeness (QED) is 0.673. The Bertz CT molecular complexity index is 912. The number of rotatable bonds is 8. The Labute approximate surface area is 166 Å². The van der Waals surface area contributed by atoms with Gasteiger partial charge in [-0.1, -0.05) is 18.2 Å². The van der Waals surface area contributed by atoms with Crippen molar-refractivity contribution in [2.75, 3.05) is 31.8 Å². The summed E-state index contributed by atoms with van der Waals surface area (Å²) in [6.07, 6.45) is 1.08. The minimum atomic E-state index is -3.68. The first-order chi connectivity index (χ1) is 13.2. The summed E-state index contributed by atoms with van der Waals surface area (Å²) in [5, 5.41) is 0. The van der Waals surface area contributed by atoms with E-state index < -0.39 is 16.1 Å². The lowest BCUT2D eigenvalue weighted by atomic mass is 10.1. The lowest BCUT2D eigenvalue weighted by molar-refractivity contribution is -0.131. The van der Waals surface area contributed by atoms with E-state index in [2.05, 4.69) is 0 Å². The maximum Gasteiger partial charge on any atom is 0.246 e. The molecule has 0 spiro atoms. The zero-order chi connectivity index (χ0) is 20.9. The summed E-state index contributed by atoms with van der Waals surface area (Å²) in [5.41, 5.74) is 1.23. The van der Waals surface area contributed by atoms with Crippen LogP contribution >= 0.6 is 0 Å². The number of hydrogen-bond donors (Lipinski definition) is 0. The van der Waals surface area contributed by atoms with Gasteiger partial charge in [0.15, 0.2) is 0 Å². The van der Waals surface area contributed by atoms with E-state index in [-0.39, 0.29) is 5.91 Å². The molecule has 0 heterocycles. The van der Waals surface area contributed by atoms with E-state index in [1.165, 1.54) is 12.0 Å². The van der Waals surface area contributed by atoms with Crippen molar-refractivity contribution < 1.29 is 22.7 Å². The molecule has 2 rings (SSSR count). The predicted molar refractivity (Wildman–Crippen MR) is 109 cm³/mol. The van der Waals surface area contributed by atoms with Gasteiger partial charge in [-0.15, -0.1) is 0 Å². The average Bonchev–Trinajstić information content (AvgIpc) is 2.67. The first-order valence-electron chi connectivity index (χ1n) is 8.69. The molecule has 8 heteroatoms. The highest BCUT2D eigenvalue weighted by Crippen LogP contribution is 2.25. The SMILES string of the molecule is COc1ccc(N([C@H](C)C(=O)N(C)Cc2ccccc2OC)S(C)(=O)=O)cc1. The molecular weight excluding hydrogens is 380 g/mol. The molecule has 0 N–H and O–H groups in total. The van der Waals surface area contributed by atoms with E-state index in [1.54, 1.807) is 45.3 Å². The second-order valence-corrected chi connectivity index (χ2v) is 8.30. The largest absolute Gasteiger partial charge is 0.497 e. The number of anilines is 1. The van der Waals surface area contributed by atoms with Crippen LogP contribution in [0.2, 0.25) is 0 Å². The maximum atomic E-state index is 13.0. The van der Waals surface area contributed by atoms with Crippen molar-refractivity contribution in [3.05, 3.63) is 54.1 Å². The summed E-state index contributed by atoms with van der Waals surface area (Å²) in [5.74, 6) is 0.946. The number of nitrogens with zero attached hydrogens (tertiary/aromatic N) is 2. The van der Waals surface area contributed by atoms with Crippen molar-refractivity contribution in [2.45, 2.75) is 19.5 Å². The molecule has 0 aromatic heterocycles. The van der Waals surface area contributed by atoms with Gasteiger partial charge in [-0.05, 0) is 37.3 Å². The van der Waals surface area contributed by atoms with Crippen molar-refractivity contribution in [1.29, 1.82) is 0 Å². The van der Waals surface area contributed by atoms with Gasteiger partial charge in [0, 0.05) is 19.2 Å². The van der Waals surface area contributed by atoms with E-state index in [4.69, 9.17) is 9.47 Å². The van der Waals surface area contributed by atoms with Crippen molar-refractivity contribution in [2.24, 2.45) is 0 Å². The molecule has 0 bridgehead atoms. The first-order valence-corrected chi connectivity index (χ1v) is 10.5. The summed E-state index contributed by atoms with van der Waals surface area (Å²) in [6.45, 7) is 1.87. The number of sulfonamides is 1. The van der Waals surface area contributed by atoms with Gasteiger partial charge in [0.05, 0.1) is 26.2 Å². The monoisotopic (exact) mass is 406 g/mol. The van der Waals surface area contributed by atoms with Crippen LogP contribution in [0.3, 0.4) is 0 Å². The van der Waals surface area contributed by atoms with Crippen LogP contribution in [-0.2, 0) is 21.4 Å². The second-order valence-electron chi connectivity index (χ2n) is 6.44. The van der Waals surface area contributed by atoms with Crippen LogP contribution < -0.4 is 13.8 Å². The number of ether oxygens (including phenoxy) is 2. The number of benzene rings is 2. The van der Waals surface area contributed by atoms with Crippen LogP contribution in [0.15, 0.2) is 48.5 Å². The molecule has 152 valence electrons. The zero-order valence-corrected chi connectivity index (χ0v) is 17.6. The molecule has 2 aromatic carbocycles. The van der Waals surface area contributed by atoms with Gasteiger partial charge in [-0.2, -0.15) is 0 Å². The van der Waals surface area contributed by atoms with Crippen molar-refractivity contribution >= 4 is 21.6 Å². The van der Waals surface area contributed by atoms with E-state index in [0.29, 0.717) is 23.7 Å². The number of carbonyl (C=O) groups excluding carboxylic acids is 1. The third kappa shape index (κ3) is 4.95. The number of methoxy groups -OCH3 is 2. The minimum absolute atomic E-state index is 0.299. The third-order valence-electron chi connectivity index (χ3n) is 4.37. The normalized spacial score (nSPS) is 12.2. The summed E-state index contributed by atoms with van der Waals surface area (Å²) >= 11 is 0. The maximum absolute atomic E-state index is 13.0. The fourth-order valence-electron chi connectivity index (χ4n) is 3.02. The Morgan fingerprint density at radius 3 is 2.18 bits per heavy atom. The van der Waals surface area contributed by atoms with Gasteiger partial charge in [-0.3, -0.25) is 9.10 Å². The molecule has 0 saturated carbocycles. The van der Waals surface area contributed by atoms with Crippen LogP contribution in [0.5, 0.6) is 11.5 Å². The summed E-state index contributed by atoms with van der Waals surface area (Å²) in [6, 6.07) is 13.0. The van der Waals surface area contributed by atoms with Crippen LogP contribution in [0, 0.1) is 0 Å². The van der Waals surface area contributed by atoms with Gasteiger partial charge in [-0.25, -0.2) is 8.42 Å². The lowest BCUT2D eigenvalue weighted by Gasteiger charge is -2.31. The van der Waals surface area contributed by atoms with Crippen LogP contribution in [0.25, 0.3) is 0 Å². The topological polar surface area (TPSA) is 76.2 Å². The van der Waals surface area contributed by atoms with Crippen molar-refractivity contribution in [3.8, 4) is 11.5 Å². The standard InChI is InChI=1S/C20H26N2O5S/c1-15(20(23)21(2)14-16-8-6-7-9-19(16)27-4)22(28(5,24)25)17-10-12-18(26-3)13-11-17/h6-13,15H,14H2,1-5H3/t15-/m1/s1. The molecule has 0 radical (unpaired) electrons. The number of likely N-dealkylation sites (N-methyl/N-ethyl adjacent to an activating group) is 1. The summed E-state index contributed by atoms with van der Waals surface area (Å²) in [4.78, 5) is 14.5. The van der Waals surface area contributed by atoms with Crippen LogP contribution in [0.1, 0.15) is 12.5 Å². The lowest BCUT2D eigenvalue weighted by Crippen LogP contribution is -2.48. The smallest absolute Gasteiger partial charge is 0.246 e. The molecule has 28 heavy (non-hydrogen) atoms. The number of carbonyl (C=O) groups is 1. The molecular formula is C20H26N2O5S. The molecule has 0 unspecified atom stereocenters. The zero-order valence-electron chi connectivity index (χ0n) is 16.7. The molecule has 0 aliphatic rings. The third-order valence-corrected chi connectivity index (χ3v) is 5.61. The van der Waals surface area contributed by atoms with Gasteiger partial charge in [0.2, 0.25) is 15.9 Å². The minimum Gasteiger partial charge on any atom is -0.497 e. The fraction of sp³-hybridized carbons (Fsp3) is 0.350. The fourth-order valence-corrected chi connectivity index (χ4v) is 4.19. The Morgan fingerprint density at radius 1 is 1.04 bits per heavy atom. The Balaban J connectivity index is 2.27.